The molecule has 1 aliphatic rings. The highest BCUT2D eigenvalue weighted by Gasteiger charge is 2.33. The van der Waals surface area contributed by atoms with Gasteiger partial charge in [0.05, 0.1) is 4.92 Å². The first-order chi connectivity index (χ1) is 11.5. The fourth-order valence-corrected chi connectivity index (χ4v) is 2.28. The fourth-order valence-electron chi connectivity index (χ4n) is 2.28. The first-order valence-corrected chi connectivity index (χ1v) is 7.01. The van der Waals surface area contributed by atoms with E-state index in [0.29, 0.717) is 11.1 Å². The SMILES string of the molecule is CC(=O)N1N=C(c2ccc(F)cc2)OC1c1cccc([N+](=O)[O-])c1. The van der Waals surface area contributed by atoms with Gasteiger partial charge >= 0.3 is 0 Å². The maximum atomic E-state index is 13.0. The molecule has 0 N–H and O–H groups in total. The van der Waals surface area contributed by atoms with E-state index in [2.05, 4.69) is 5.10 Å². The molecule has 3 rings (SSSR count). The Kier molecular flexibility index (Phi) is 3.95. The molecule has 1 atom stereocenters. The summed E-state index contributed by atoms with van der Waals surface area (Å²) in [5.74, 6) is -0.652. The molecule has 1 unspecified atom stereocenters. The van der Waals surface area contributed by atoms with Crippen LogP contribution in [0.5, 0.6) is 0 Å². The fraction of sp³-hybridized carbons (Fsp3) is 0.125. The Morgan fingerprint density at radius 2 is 2.00 bits per heavy atom. The van der Waals surface area contributed by atoms with Crippen LogP contribution in [0.15, 0.2) is 53.6 Å². The molecule has 2 aromatic carbocycles. The zero-order valence-corrected chi connectivity index (χ0v) is 12.5. The summed E-state index contributed by atoms with van der Waals surface area (Å²) in [6.07, 6.45) is -0.914. The highest BCUT2D eigenvalue weighted by atomic mass is 19.1. The number of nitro benzene ring substituents is 1. The third-order valence-electron chi connectivity index (χ3n) is 3.42. The summed E-state index contributed by atoms with van der Waals surface area (Å²) in [6.45, 7) is 1.31. The van der Waals surface area contributed by atoms with E-state index in [1.165, 1.54) is 49.4 Å². The average molecular weight is 329 g/mol. The molecular formula is C16H12FN3O4. The third-order valence-corrected chi connectivity index (χ3v) is 3.42. The number of carbonyl (C=O) groups excluding carboxylic acids is 1. The van der Waals surface area contributed by atoms with Crippen LogP contribution in [-0.4, -0.2) is 21.7 Å². The smallest absolute Gasteiger partial charge is 0.269 e. The number of carbonyl (C=O) groups is 1. The van der Waals surface area contributed by atoms with Crippen molar-refractivity contribution in [2.75, 3.05) is 0 Å². The van der Waals surface area contributed by atoms with Crippen molar-refractivity contribution < 1.29 is 18.8 Å². The Labute approximate surface area is 136 Å². The minimum Gasteiger partial charge on any atom is -0.446 e. The number of benzene rings is 2. The number of halogens is 1. The van der Waals surface area contributed by atoms with Crippen molar-refractivity contribution in [1.29, 1.82) is 0 Å². The van der Waals surface area contributed by atoms with Crippen LogP contribution in [0.2, 0.25) is 0 Å². The van der Waals surface area contributed by atoms with E-state index in [4.69, 9.17) is 4.74 Å². The van der Waals surface area contributed by atoms with E-state index in [9.17, 15) is 19.3 Å². The van der Waals surface area contributed by atoms with Crippen LogP contribution in [0.1, 0.15) is 24.3 Å². The van der Waals surface area contributed by atoms with Gasteiger partial charge < -0.3 is 4.74 Å². The number of ether oxygens (including phenoxy) is 1. The maximum absolute atomic E-state index is 13.0. The van der Waals surface area contributed by atoms with Crippen molar-refractivity contribution in [1.82, 2.24) is 5.01 Å². The van der Waals surface area contributed by atoms with Gasteiger partial charge in [-0.25, -0.2) is 4.39 Å². The number of nitro groups is 1. The van der Waals surface area contributed by atoms with Crippen molar-refractivity contribution in [3.05, 3.63) is 75.6 Å². The number of hydrogen-bond donors (Lipinski definition) is 0. The molecule has 0 spiro atoms. The van der Waals surface area contributed by atoms with Gasteiger partial charge in [0, 0.05) is 30.2 Å². The van der Waals surface area contributed by atoms with Gasteiger partial charge in [0.25, 0.3) is 5.69 Å². The van der Waals surface area contributed by atoms with Crippen molar-refractivity contribution >= 4 is 17.5 Å². The second-order valence-corrected chi connectivity index (χ2v) is 5.10. The molecule has 0 saturated carbocycles. The van der Waals surface area contributed by atoms with Crippen LogP contribution < -0.4 is 0 Å². The first-order valence-electron chi connectivity index (χ1n) is 7.01. The van der Waals surface area contributed by atoms with Crippen LogP contribution in [0.4, 0.5) is 10.1 Å². The normalized spacial score (nSPS) is 16.5. The number of hydrogen-bond acceptors (Lipinski definition) is 5. The molecule has 1 aliphatic heterocycles. The number of rotatable bonds is 3. The molecule has 122 valence electrons. The van der Waals surface area contributed by atoms with E-state index >= 15 is 0 Å². The number of non-ortho nitro benzene ring substituents is 1. The second kappa shape index (κ2) is 6.07. The third kappa shape index (κ3) is 2.94. The molecule has 0 saturated heterocycles. The molecular weight excluding hydrogens is 317 g/mol. The molecule has 2 aromatic rings. The molecule has 7 nitrogen and oxygen atoms in total. The summed E-state index contributed by atoms with van der Waals surface area (Å²) < 4.78 is 18.7. The van der Waals surface area contributed by atoms with E-state index in [0.717, 1.165) is 5.01 Å². The predicted octanol–water partition coefficient (Wildman–Crippen LogP) is 2.97. The quantitative estimate of drug-likeness (QED) is 0.640. The molecule has 0 aliphatic carbocycles. The van der Waals surface area contributed by atoms with Gasteiger partial charge in [0.2, 0.25) is 18.0 Å². The first kappa shape index (κ1) is 15.6. The molecule has 0 bridgehead atoms. The average Bonchev–Trinajstić information content (AvgIpc) is 3.01. The van der Waals surface area contributed by atoms with Gasteiger partial charge in [-0.05, 0) is 24.3 Å². The van der Waals surface area contributed by atoms with Crippen LogP contribution >= 0.6 is 0 Å². The van der Waals surface area contributed by atoms with Crippen LogP contribution in [0, 0.1) is 15.9 Å². The lowest BCUT2D eigenvalue weighted by Gasteiger charge is -2.19. The van der Waals surface area contributed by atoms with Gasteiger partial charge in [0.1, 0.15) is 5.82 Å². The Hall–Kier alpha value is -3.29. The minimum atomic E-state index is -0.914. The van der Waals surface area contributed by atoms with Crippen LogP contribution in [0.25, 0.3) is 0 Å². The Balaban J connectivity index is 1.95. The molecule has 0 fully saturated rings. The second-order valence-electron chi connectivity index (χ2n) is 5.10. The summed E-state index contributed by atoms with van der Waals surface area (Å²) in [4.78, 5) is 22.2. The van der Waals surface area contributed by atoms with Gasteiger partial charge in [-0.2, -0.15) is 5.01 Å². The van der Waals surface area contributed by atoms with E-state index in [-0.39, 0.29) is 17.5 Å². The summed E-state index contributed by atoms with van der Waals surface area (Å²) in [5.41, 5.74) is 0.797. The molecule has 0 radical (unpaired) electrons. The van der Waals surface area contributed by atoms with E-state index in [1.807, 2.05) is 0 Å². The largest absolute Gasteiger partial charge is 0.446 e. The van der Waals surface area contributed by atoms with Gasteiger partial charge in [-0.15, -0.1) is 5.10 Å². The Morgan fingerprint density at radius 1 is 1.29 bits per heavy atom. The molecule has 24 heavy (non-hydrogen) atoms. The lowest BCUT2D eigenvalue weighted by atomic mass is 10.1. The maximum Gasteiger partial charge on any atom is 0.269 e. The molecule has 1 amide bonds. The van der Waals surface area contributed by atoms with Crippen LogP contribution in [-0.2, 0) is 9.53 Å². The highest BCUT2D eigenvalue weighted by Crippen LogP contribution is 2.31. The highest BCUT2D eigenvalue weighted by molar-refractivity contribution is 5.96. The van der Waals surface area contributed by atoms with Crippen molar-refractivity contribution in [3.8, 4) is 0 Å². The van der Waals surface area contributed by atoms with Gasteiger partial charge in [-0.3, -0.25) is 14.9 Å². The zero-order chi connectivity index (χ0) is 17.3. The Morgan fingerprint density at radius 3 is 2.62 bits per heavy atom. The number of nitrogens with zero attached hydrogens (tertiary/aromatic N) is 3. The molecule has 0 aromatic heterocycles. The number of hydrazone groups is 1. The summed E-state index contributed by atoms with van der Waals surface area (Å²) in [6, 6.07) is 11.2. The minimum absolute atomic E-state index is 0.116. The lowest BCUT2D eigenvalue weighted by molar-refractivity contribution is -0.385. The lowest BCUT2D eigenvalue weighted by Crippen LogP contribution is -2.25. The molecule has 1 heterocycles. The van der Waals surface area contributed by atoms with Crippen molar-refractivity contribution in [2.45, 2.75) is 13.2 Å². The Bertz CT molecular complexity index is 835. The predicted molar refractivity (Wildman–Crippen MR) is 82.4 cm³/mol. The molecule has 8 heteroatoms. The van der Waals surface area contributed by atoms with Crippen LogP contribution in [0.3, 0.4) is 0 Å². The van der Waals surface area contributed by atoms with E-state index < -0.39 is 17.0 Å². The van der Waals surface area contributed by atoms with Crippen molar-refractivity contribution in [3.63, 3.8) is 0 Å². The standard InChI is InChI=1S/C16H12FN3O4/c1-10(21)19-16(12-3-2-4-14(9-12)20(22)23)24-15(18-19)11-5-7-13(17)8-6-11/h2-9,16H,1H3. The number of amides is 1. The van der Waals surface area contributed by atoms with Gasteiger partial charge in [0.15, 0.2) is 0 Å². The van der Waals surface area contributed by atoms with Crippen molar-refractivity contribution in [2.24, 2.45) is 5.10 Å². The van der Waals surface area contributed by atoms with Gasteiger partial charge in [-0.1, -0.05) is 12.1 Å². The van der Waals surface area contributed by atoms with E-state index in [1.54, 1.807) is 6.07 Å². The summed E-state index contributed by atoms with van der Waals surface area (Å²) in [5, 5.41) is 16.1. The monoisotopic (exact) mass is 329 g/mol. The topological polar surface area (TPSA) is 85.0 Å². The zero-order valence-electron chi connectivity index (χ0n) is 12.5. The summed E-state index contributed by atoms with van der Waals surface area (Å²) in [7, 11) is 0. The summed E-state index contributed by atoms with van der Waals surface area (Å²) >= 11 is 0.